The van der Waals surface area contributed by atoms with Gasteiger partial charge in [0.15, 0.2) is 0 Å². The SMILES string of the molecule is Cc1cc(C)c(CNc2nc(Nc3ccc4c(c3)CC(=O)N4)ncc2C(F)(F)F)c(N(C)S(C)(=O)=O)n1. The molecule has 0 bridgehead atoms. The Morgan fingerprint density at radius 3 is 2.57 bits per heavy atom. The van der Waals surface area contributed by atoms with Gasteiger partial charge in [-0.3, -0.25) is 9.10 Å². The minimum absolute atomic E-state index is 0.0973. The van der Waals surface area contributed by atoms with Crippen molar-refractivity contribution in [3.8, 4) is 0 Å². The van der Waals surface area contributed by atoms with E-state index in [2.05, 4.69) is 30.9 Å². The van der Waals surface area contributed by atoms with E-state index in [4.69, 9.17) is 0 Å². The lowest BCUT2D eigenvalue weighted by Gasteiger charge is -2.22. The molecule has 0 spiro atoms. The Morgan fingerprint density at radius 1 is 1.16 bits per heavy atom. The molecular weight excluding hydrogens is 511 g/mol. The summed E-state index contributed by atoms with van der Waals surface area (Å²) in [5, 5.41) is 8.26. The summed E-state index contributed by atoms with van der Waals surface area (Å²) < 4.78 is 66.5. The number of halogens is 3. The highest BCUT2D eigenvalue weighted by Gasteiger charge is 2.35. The average Bonchev–Trinajstić information content (AvgIpc) is 3.15. The normalized spacial score (nSPS) is 13.2. The van der Waals surface area contributed by atoms with Crippen LogP contribution in [0.4, 0.5) is 42.1 Å². The van der Waals surface area contributed by atoms with Crippen LogP contribution in [-0.2, 0) is 34.0 Å². The highest BCUT2D eigenvalue weighted by atomic mass is 32.2. The van der Waals surface area contributed by atoms with Crippen LogP contribution in [-0.4, -0.2) is 42.6 Å². The molecule has 4 rings (SSSR count). The monoisotopic (exact) mass is 535 g/mol. The Labute approximate surface area is 211 Å². The van der Waals surface area contributed by atoms with Gasteiger partial charge in [-0.15, -0.1) is 0 Å². The Morgan fingerprint density at radius 2 is 1.89 bits per heavy atom. The van der Waals surface area contributed by atoms with Crippen LogP contribution in [0.5, 0.6) is 0 Å². The van der Waals surface area contributed by atoms with Crippen LogP contribution in [0.25, 0.3) is 0 Å². The number of amides is 1. The van der Waals surface area contributed by atoms with E-state index in [0.717, 1.165) is 16.1 Å². The maximum atomic E-state index is 13.7. The third-order valence-electron chi connectivity index (χ3n) is 5.76. The number of aryl methyl sites for hydroxylation is 2. The number of hydrogen-bond donors (Lipinski definition) is 3. The largest absolute Gasteiger partial charge is 0.421 e. The first-order valence-corrected chi connectivity index (χ1v) is 12.9. The molecule has 14 heteroatoms. The van der Waals surface area contributed by atoms with Gasteiger partial charge in [0, 0.05) is 42.4 Å². The van der Waals surface area contributed by atoms with Crippen molar-refractivity contribution < 1.29 is 26.4 Å². The predicted molar refractivity (Wildman–Crippen MR) is 133 cm³/mol. The fourth-order valence-corrected chi connectivity index (χ4v) is 4.34. The molecule has 1 aliphatic heterocycles. The molecule has 3 N–H and O–H groups in total. The van der Waals surface area contributed by atoms with Crippen molar-refractivity contribution in [1.82, 2.24) is 15.0 Å². The molecule has 3 aromatic rings. The standard InChI is InChI=1S/C23H24F3N7O3S/c1-12-7-13(2)29-21(33(3)37(4,35)36)16(12)10-27-20-17(23(24,25)26)11-28-22(32-20)30-15-5-6-18-14(8-15)9-19(34)31-18/h5-8,11H,9-10H2,1-4H3,(H,31,34)(H2,27,28,30,32). The molecule has 1 amide bonds. The number of rotatable bonds is 7. The minimum atomic E-state index is -4.74. The lowest BCUT2D eigenvalue weighted by molar-refractivity contribution is -0.137. The van der Waals surface area contributed by atoms with E-state index in [1.165, 1.54) is 7.05 Å². The second-order valence-corrected chi connectivity index (χ2v) is 10.7. The van der Waals surface area contributed by atoms with E-state index < -0.39 is 27.6 Å². The van der Waals surface area contributed by atoms with E-state index in [1.807, 2.05) is 0 Å². The van der Waals surface area contributed by atoms with Gasteiger partial charge in [-0.25, -0.2) is 18.4 Å². The van der Waals surface area contributed by atoms with Crippen molar-refractivity contribution >= 4 is 44.9 Å². The number of aromatic nitrogens is 3. The molecule has 196 valence electrons. The third kappa shape index (κ3) is 5.74. The molecule has 0 fully saturated rings. The molecule has 0 unspecified atom stereocenters. The Hall–Kier alpha value is -3.94. The zero-order chi connectivity index (χ0) is 27.1. The van der Waals surface area contributed by atoms with Gasteiger partial charge in [-0.2, -0.15) is 18.2 Å². The molecule has 2 aromatic heterocycles. The number of benzene rings is 1. The van der Waals surface area contributed by atoms with Crippen LogP contribution < -0.4 is 20.3 Å². The first kappa shape index (κ1) is 26.1. The molecule has 0 radical (unpaired) electrons. The minimum Gasteiger partial charge on any atom is -0.365 e. The summed E-state index contributed by atoms with van der Waals surface area (Å²) in [6.07, 6.45) is -2.87. The van der Waals surface area contributed by atoms with Gasteiger partial charge in [0.2, 0.25) is 21.9 Å². The molecule has 0 aliphatic carbocycles. The van der Waals surface area contributed by atoms with E-state index in [0.29, 0.717) is 34.4 Å². The van der Waals surface area contributed by atoms with Crippen molar-refractivity contribution in [2.24, 2.45) is 0 Å². The average molecular weight is 536 g/mol. The summed E-state index contributed by atoms with van der Waals surface area (Å²) in [6.45, 7) is 3.23. The van der Waals surface area contributed by atoms with Crippen molar-refractivity contribution in [1.29, 1.82) is 0 Å². The van der Waals surface area contributed by atoms with Gasteiger partial charge in [0.25, 0.3) is 0 Å². The molecule has 1 aromatic carbocycles. The summed E-state index contributed by atoms with van der Waals surface area (Å²) in [7, 11) is -2.35. The third-order valence-corrected chi connectivity index (χ3v) is 6.93. The maximum Gasteiger partial charge on any atom is 0.421 e. The molecule has 3 heterocycles. The highest BCUT2D eigenvalue weighted by molar-refractivity contribution is 7.92. The molecule has 0 saturated carbocycles. The van der Waals surface area contributed by atoms with Gasteiger partial charge in [-0.1, -0.05) is 0 Å². The van der Waals surface area contributed by atoms with E-state index >= 15 is 0 Å². The molecule has 10 nitrogen and oxygen atoms in total. The first-order chi connectivity index (χ1) is 17.2. The van der Waals surface area contributed by atoms with Crippen LogP contribution >= 0.6 is 0 Å². The highest BCUT2D eigenvalue weighted by Crippen LogP contribution is 2.35. The quantitative estimate of drug-likeness (QED) is 0.417. The van der Waals surface area contributed by atoms with Gasteiger partial charge in [0.1, 0.15) is 17.2 Å². The topological polar surface area (TPSA) is 129 Å². The lowest BCUT2D eigenvalue weighted by Crippen LogP contribution is -2.28. The van der Waals surface area contributed by atoms with Crippen molar-refractivity contribution in [3.63, 3.8) is 0 Å². The Balaban J connectivity index is 1.66. The maximum absolute atomic E-state index is 13.7. The van der Waals surface area contributed by atoms with Crippen LogP contribution in [0.3, 0.4) is 0 Å². The number of nitrogens with zero attached hydrogens (tertiary/aromatic N) is 4. The molecule has 0 saturated heterocycles. The number of alkyl halides is 3. The number of fused-ring (bicyclic) bond motifs is 1. The fourth-order valence-electron chi connectivity index (χ4n) is 3.87. The van der Waals surface area contributed by atoms with Crippen LogP contribution in [0.15, 0.2) is 30.5 Å². The van der Waals surface area contributed by atoms with Crippen LogP contribution in [0.1, 0.15) is 27.9 Å². The molecule has 37 heavy (non-hydrogen) atoms. The van der Waals surface area contributed by atoms with Gasteiger partial charge >= 0.3 is 6.18 Å². The molecule has 1 aliphatic rings. The summed E-state index contributed by atoms with van der Waals surface area (Å²) >= 11 is 0. The van der Waals surface area contributed by atoms with Gasteiger partial charge in [0.05, 0.1) is 12.7 Å². The lowest BCUT2D eigenvalue weighted by atomic mass is 10.1. The van der Waals surface area contributed by atoms with E-state index in [-0.39, 0.29) is 30.6 Å². The number of hydrogen-bond acceptors (Lipinski definition) is 8. The number of nitrogens with one attached hydrogen (secondary N) is 3. The number of pyridine rings is 1. The number of carbonyl (C=O) groups is 1. The van der Waals surface area contributed by atoms with Gasteiger partial charge < -0.3 is 16.0 Å². The van der Waals surface area contributed by atoms with Gasteiger partial charge in [-0.05, 0) is 49.2 Å². The molecular formula is C23H24F3N7O3S. The van der Waals surface area contributed by atoms with Crippen molar-refractivity contribution in [3.05, 3.63) is 58.4 Å². The zero-order valence-electron chi connectivity index (χ0n) is 20.4. The number of carbonyl (C=O) groups excluding carboxylic acids is 1. The first-order valence-electron chi connectivity index (χ1n) is 11.0. The van der Waals surface area contributed by atoms with Crippen molar-refractivity contribution in [2.75, 3.05) is 33.6 Å². The summed E-state index contributed by atoms with van der Waals surface area (Å²) in [5.41, 5.74) is 2.42. The number of anilines is 5. The van der Waals surface area contributed by atoms with E-state index in [1.54, 1.807) is 38.1 Å². The summed E-state index contributed by atoms with van der Waals surface area (Å²) in [5.74, 6) is -0.628. The van der Waals surface area contributed by atoms with E-state index in [9.17, 15) is 26.4 Å². The van der Waals surface area contributed by atoms with Crippen molar-refractivity contribution in [2.45, 2.75) is 33.0 Å². The summed E-state index contributed by atoms with van der Waals surface area (Å²) in [4.78, 5) is 23.7. The second-order valence-electron chi connectivity index (χ2n) is 8.64. The fraction of sp³-hybridized carbons (Fsp3) is 0.304. The Kier molecular flexibility index (Phi) is 6.71. The number of sulfonamides is 1. The second kappa shape index (κ2) is 9.50. The van der Waals surface area contributed by atoms with Crippen LogP contribution in [0.2, 0.25) is 0 Å². The van der Waals surface area contributed by atoms with Crippen LogP contribution in [0, 0.1) is 13.8 Å². The summed E-state index contributed by atoms with van der Waals surface area (Å²) in [6, 6.07) is 6.73. The zero-order valence-corrected chi connectivity index (χ0v) is 21.2. The Bertz CT molecular complexity index is 1490. The molecule has 0 atom stereocenters. The predicted octanol–water partition coefficient (Wildman–Crippen LogP) is 3.75. The smallest absolute Gasteiger partial charge is 0.365 e.